The van der Waals surface area contributed by atoms with Gasteiger partial charge in [-0.3, -0.25) is 13.9 Å². The minimum absolute atomic E-state index is 0.0196. The molecule has 3 aromatic carbocycles. The average molecular weight is 625 g/mol. The fraction of sp³-hybridized carbons (Fsp3) is 0.310. The minimum Gasteiger partial charge on any atom is -0.352 e. The number of hydrogen-bond acceptors (Lipinski definition) is 4. The van der Waals surface area contributed by atoms with Crippen molar-refractivity contribution in [2.75, 3.05) is 10.8 Å². The van der Waals surface area contributed by atoms with Crippen LogP contribution in [0.1, 0.15) is 38.3 Å². The summed E-state index contributed by atoms with van der Waals surface area (Å²) >= 11 is 18.9. The molecule has 7 nitrogen and oxygen atoms in total. The van der Waals surface area contributed by atoms with Crippen molar-refractivity contribution in [3.63, 3.8) is 0 Å². The molecule has 2 amide bonds. The lowest BCUT2D eigenvalue weighted by Gasteiger charge is -2.34. The van der Waals surface area contributed by atoms with E-state index in [9.17, 15) is 18.0 Å². The van der Waals surface area contributed by atoms with Gasteiger partial charge in [0.05, 0.1) is 10.6 Å². The van der Waals surface area contributed by atoms with Crippen LogP contribution in [0.5, 0.6) is 0 Å². The van der Waals surface area contributed by atoms with Crippen LogP contribution >= 0.6 is 34.8 Å². The van der Waals surface area contributed by atoms with Gasteiger partial charge in [0.1, 0.15) is 12.6 Å². The van der Waals surface area contributed by atoms with Gasteiger partial charge in [-0.25, -0.2) is 8.42 Å². The van der Waals surface area contributed by atoms with Crippen molar-refractivity contribution in [3.8, 4) is 0 Å². The van der Waals surface area contributed by atoms with Gasteiger partial charge in [-0.15, -0.1) is 0 Å². The Kier molecular flexibility index (Phi) is 10.9. The summed E-state index contributed by atoms with van der Waals surface area (Å²) in [5.74, 6) is -0.971. The Bertz CT molecular complexity index is 1430. The molecule has 0 heterocycles. The molecular formula is C29H32Cl3N3O4S. The molecule has 214 valence electrons. The Morgan fingerprint density at radius 3 is 2.00 bits per heavy atom. The minimum atomic E-state index is -4.18. The first-order valence-corrected chi connectivity index (χ1v) is 15.3. The molecule has 0 aliphatic heterocycles. The zero-order chi connectivity index (χ0) is 29.6. The summed E-state index contributed by atoms with van der Waals surface area (Å²) in [5.41, 5.74) is 1.58. The number of halogens is 3. The van der Waals surface area contributed by atoms with Crippen LogP contribution < -0.4 is 9.62 Å². The molecule has 3 aromatic rings. The maximum atomic E-state index is 14.1. The van der Waals surface area contributed by atoms with E-state index in [2.05, 4.69) is 5.32 Å². The molecule has 0 aliphatic rings. The summed E-state index contributed by atoms with van der Waals surface area (Å²) in [7, 11) is -4.18. The molecule has 0 spiro atoms. The summed E-state index contributed by atoms with van der Waals surface area (Å²) in [6.07, 6.45) is 0.276. The second-order valence-electron chi connectivity index (χ2n) is 9.61. The van der Waals surface area contributed by atoms with Crippen molar-refractivity contribution in [2.45, 2.75) is 57.6 Å². The van der Waals surface area contributed by atoms with Gasteiger partial charge in [0.15, 0.2) is 0 Å². The Balaban J connectivity index is 2.10. The van der Waals surface area contributed by atoms with Gasteiger partial charge in [-0.2, -0.15) is 0 Å². The van der Waals surface area contributed by atoms with Crippen LogP contribution in [0.15, 0.2) is 71.6 Å². The molecule has 0 saturated heterocycles. The van der Waals surface area contributed by atoms with E-state index in [4.69, 9.17) is 34.8 Å². The highest BCUT2D eigenvalue weighted by atomic mass is 35.5. The van der Waals surface area contributed by atoms with E-state index in [1.807, 2.05) is 20.8 Å². The number of amides is 2. The third-order valence-corrected chi connectivity index (χ3v) is 8.96. The predicted molar refractivity (Wildman–Crippen MR) is 162 cm³/mol. The first-order chi connectivity index (χ1) is 18.8. The fourth-order valence-corrected chi connectivity index (χ4v) is 6.18. The molecule has 3 rings (SSSR count). The molecule has 0 aromatic heterocycles. The molecule has 0 aliphatic carbocycles. The molecule has 0 bridgehead atoms. The third-order valence-electron chi connectivity index (χ3n) is 6.21. The van der Waals surface area contributed by atoms with E-state index < -0.39 is 28.5 Å². The molecule has 0 radical (unpaired) electrons. The van der Waals surface area contributed by atoms with Crippen molar-refractivity contribution >= 4 is 62.3 Å². The summed E-state index contributed by atoms with van der Waals surface area (Å²) in [6, 6.07) is 16.4. The van der Waals surface area contributed by atoms with E-state index in [1.165, 1.54) is 29.2 Å². The molecule has 1 N–H and O–H groups in total. The summed E-state index contributed by atoms with van der Waals surface area (Å²) < 4.78 is 28.8. The Morgan fingerprint density at radius 1 is 0.900 bits per heavy atom. The normalized spacial score (nSPS) is 12.2. The fourth-order valence-electron chi connectivity index (χ4n) is 4.13. The van der Waals surface area contributed by atoms with Crippen LogP contribution in [0.25, 0.3) is 0 Å². The van der Waals surface area contributed by atoms with Gasteiger partial charge in [0.25, 0.3) is 10.0 Å². The lowest BCUT2D eigenvalue weighted by molar-refractivity contribution is -0.140. The third kappa shape index (κ3) is 7.69. The van der Waals surface area contributed by atoms with Crippen molar-refractivity contribution < 1.29 is 18.0 Å². The summed E-state index contributed by atoms with van der Waals surface area (Å²) in [4.78, 5) is 28.6. The van der Waals surface area contributed by atoms with E-state index in [0.29, 0.717) is 20.6 Å². The van der Waals surface area contributed by atoms with Crippen LogP contribution in [0.4, 0.5) is 5.69 Å². The number of nitrogens with one attached hydrogen (secondary N) is 1. The molecule has 0 unspecified atom stereocenters. The lowest BCUT2D eigenvalue weighted by Crippen LogP contribution is -2.53. The highest BCUT2D eigenvalue weighted by Gasteiger charge is 2.34. The quantitative estimate of drug-likeness (QED) is 0.265. The van der Waals surface area contributed by atoms with Crippen LogP contribution in [0, 0.1) is 6.92 Å². The number of carbonyl (C=O) groups excluding carboxylic acids is 2. The summed E-state index contributed by atoms with van der Waals surface area (Å²) in [6.45, 7) is 6.59. The number of sulfonamides is 1. The zero-order valence-corrected chi connectivity index (χ0v) is 25.8. The number of benzene rings is 3. The molecule has 11 heteroatoms. The van der Waals surface area contributed by atoms with E-state index in [0.717, 1.165) is 9.87 Å². The smallest absolute Gasteiger partial charge is 0.264 e. The van der Waals surface area contributed by atoms with Crippen LogP contribution in [0.2, 0.25) is 15.1 Å². The maximum absolute atomic E-state index is 14.1. The van der Waals surface area contributed by atoms with Crippen molar-refractivity contribution in [1.82, 2.24) is 10.2 Å². The van der Waals surface area contributed by atoms with Crippen LogP contribution in [-0.4, -0.2) is 43.8 Å². The van der Waals surface area contributed by atoms with Crippen molar-refractivity contribution in [1.29, 1.82) is 0 Å². The number of carbonyl (C=O) groups is 2. The van der Waals surface area contributed by atoms with Gasteiger partial charge >= 0.3 is 0 Å². The van der Waals surface area contributed by atoms with E-state index >= 15 is 0 Å². The van der Waals surface area contributed by atoms with Crippen LogP contribution in [-0.2, 0) is 26.2 Å². The molecule has 40 heavy (non-hydrogen) atoms. The number of aryl methyl sites for hydroxylation is 1. The number of anilines is 1. The SMILES string of the molecule is CC[C@H](C(=O)NC(C)C)N(Cc1c(Cl)cccc1Cl)C(=O)CN(c1ccc(Cl)cc1)S(=O)(=O)c1ccc(C)cc1. The number of hydrogen-bond donors (Lipinski definition) is 1. The molecule has 0 saturated carbocycles. The van der Waals surface area contributed by atoms with Gasteiger partial charge in [0, 0.05) is 33.2 Å². The number of rotatable bonds is 11. The largest absolute Gasteiger partial charge is 0.352 e. The van der Waals surface area contributed by atoms with Gasteiger partial charge in [-0.1, -0.05) is 65.5 Å². The molecular weight excluding hydrogens is 593 g/mol. The van der Waals surface area contributed by atoms with Gasteiger partial charge < -0.3 is 10.2 Å². The molecule has 0 fully saturated rings. The first-order valence-electron chi connectivity index (χ1n) is 12.7. The second kappa shape index (κ2) is 13.7. The van der Waals surface area contributed by atoms with Crippen molar-refractivity contribution in [3.05, 3.63) is 92.9 Å². The monoisotopic (exact) mass is 623 g/mol. The standard InChI is InChI=1S/C29H32Cl3N3O4S/c1-5-27(29(37)33-19(2)3)34(17-24-25(31)7-6-8-26(24)32)28(36)18-35(22-13-11-21(30)12-14-22)40(38,39)23-15-9-20(4)10-16-23/h6-16,19,27H,5,17-18H2,1-4H3,(H,33,37)/t27-/m1/s1. The second-order valence-corrected chi connectivity index (χ2v) is 12.7. The first kappa shape index (κ1) is 31.7. The highest BCUT2D eigenvalue weighted by Crippen LogP contribution is 2.29. The Morgan fingerprint density at radius 2 is 1.48 bits per heavy atom. The number of nitrogens with zero attached hydrogens (tertiary/aromatic N) is 2. The predicted octanol–water partition coefficient (Wildman–Crippen LogP) is 6.48. The zero-order valence-electron chi connectivity index (χ0n) is 22.7. The topological polar surface area (TPSA) is 86.8 Å². The van der Waals surface area contributed by atoms with Crippen molar-refractivity contribution in [2.24, 2.45) is 0 Å². The average Bonchev–Trinajstić information content (AvgIpc) is 2.89. The maximum Gasteiger partial charge on any atom is 0.264 e. The summed E-state index contributed by atoms with van der Waals surface area (Å²) in [5, 5.41) is 3.91. The Labute approximate surface area is 251 Å². The van der Waals surface area contributed by atoms with E-state index in [1.54, 1.807) is 49.4 Å². The van der Waals surface area contributed by atoms with Gasteiger partial charge in [-0.05, 0) is 75.7 Å². The highest BCUT2D eigenvalue weighted by molar-refractivity contribution is 7.92. The Hall–Kier alpha value is -2.78. The van der Waals surface area contributed by atoms with Gasteiger partial charge in [0.2, 0.25) is 11.8 Å². The van der Waals surface area contributed by atoms with Crippen LogP contribution in [0.3, 0.4) is 0 Å². The van der Waals surface area contributed by atoms with E-state index in [-0.39, 0.29) is 35.5 Å². The molecule has 1 atom stereocenters. The lowest BCUT2D eigenvalue weighted by atomic mass is 10.1.